The summed E-state index contributed by atoms with van der Waals surface area (Å²) in [5, 5.41) is 2.40. The fraction of sp³-hybridized carbons (Fsp3) is 0.0769. The van der Waals surface area contributed by atoms with E-state index in [9.17, 15) is 18.0 Å². The van der Waals surface area contributed by atoms with Crippen LogP contribution in [0, 0.1) is 0 Å². The number of pyridine rings is 1. The van der Waals surface area contributed by atoms with Gasteiger partial charge in [0.15, 0.2) is 0 Å². The number of alkyl halides is 3. The Kier molecular flexibility index (Phi) is 4.17. The Hall–Kier alpha value is -2.09. The molecule has 110 valence electrons. The monoisotopic (exact) mass is 359 g/mol. The summed E-state index contributed by atoms with van der Waals surface area (Å²) in [5.74, 6) is -0.572. The van der Waals surface area contributed by atoms with Crippen LogP contribution in [0.1, 0.15) is 15.9 Å². The molecule has 2 rings (SSSR count). The molecule has 1 aromatic carbocycles. The Bertz CT molecular complexity index is 689. The molecule has 0 saturated carbocycles. The molecule has 0 fully saturated rings. The van der Waals surface area contributed by atoms with Crippen LogP contribution in [-0.2, 0) is 6.18 Å². The van der Waals surface area contributed by atoms with Gasteiger partial charge in [0.05, 0.1) is 21.3 Å². The number of benzene rings is 1. The fourth-order valence-corrected chi connectivity index (χ4v) is 2.02. The third kappa shape index (κ3) is 3.33. The highest BCUT2D eigenvalue weighted by Crippen LogP contribution is 2.35. The van der Waals surface area contributed by atoms with Gasteiger partial charge in [-0.2, -0.15) is 13.2 Å². The van der Waals surface area contributed by atoms with Crippen LogP contribution in [0.15, 0.2) is 41.0 Å². The Balaban J connectivity index is 2.35. The van der Waals surface area contributed by atoms with Crippen molar-refractivity contribution in [2.24, 2.45) is 0 Å². The lowest BCUT2D eigenvalue weighted by molar-refractivity contribution is -0.136. The van der Waals surface area contributed by atoms with Gasteiger partial charge in [0, 0.05) is 6.20 Å². The molecule has 21 heavy (non-hydrogen) atoms. The number of carbonyl (C=O) groups is 1. The zero-order valence-electron chi connectivity index (χ0n) is 10.4. The third-order valence-electron chi connectivity index (χ3n) is 2.65. The molecule has 0 unspecified atom stereocenters. The molecule has 1 aromatic heterocycles. The van der Waals surface area contributed by atoms with Crippen molar-refractivity contribution in [2.75, 3.05) is 11.1 Å². The summed E-state index contributed by atoms with van der Waals surface area (Å²) >= 11 is 3.17. The van der Waals surface area contributed by atoms with Gasteiger partial charge in [-0.05, 0) is 40.2 Å². The molecule has 0 saturated heterocycles. The highest BCUT2D eigenvalue weighted by Gasteiger charge is 2.34. The van der Waals surface area contributed by atoms with Crippen molar-refractivity contribution < 1.29 is 18.0 Å². The summed E-state index contributed by atoms with van der Waals surface area (Å²) < 4.78 is 38.8. The Morgan fingerprint density at radius 3 is 2.57 bits per heavy atom. The fourth-order valence-electron chi connectivity index (χ4n) is 1.66. The van der Waals surface area contributed by atoms with Gasteiger partial charge < -0.3 is 11.1 Å². The Labute approximate surface area is 126 Å². The standard InChI is InChI=1S/C13H9BrF3N3O/c14-9-5-2-6-19-11(9)20-12(21)7-3-1-4-8(10(7)18)13(15,16)17/h1-6H,18H2,(H,19,20,21). The van der Waals surface area contributed by atoms with Gasteiger partial charge in [0.1, 0.15) is 5.82 Å². The smallest absolute Gasteiger partial charge is 0.398 e. The second-order valence-electron chi connectivity index (χ2n) is 4.05. The molecular formula is C13H9BrF3N3O. The summed E-state index contributed by atoms with van der Waals surface area (Å²) in [6, 6.07) is 6.44. The number of nitrogens with one attached hydrogen (secondary N) is 1. The van der Waals surface area contributed by atoms with Crippen molar-refractivity contribution in [1.29, 1.82) is 0 Å². The predicted octanol–water partition coefficient (Wildman–Crippen LogP) is 3.70. The summed E-state index contributed by atoms with van der Waals surface area (Å²) in [7, 11) is 0. The number of rotatable bonds is 2. The number of nitrogens with zero attached hydrogens (tertiary/aromatic N) is 1. The van der Waals surface area contributed by atoms with E-state index in [0.29, 0.717) is 4.47 Å². The van der Waals surface area contributed by atoms with Crippen LogP contribution in [0.5, 0.6) is 0 Å². The number of hydrogen-bond acceptors (Lipinski definition) is 3. The van der Waals surface area contributed by atoms with Crippen molar-refractivity contribution in [3.05, 3.63) is 52.1 Å². The van der Waals surface area contributed by atoms with Crippen molar-refractivity contribution in [3.63, 3.8) is 0 Å². The van der Waals surface area contributed by atoms with E-state index in [1.165, 1.54) is 12.3 Å². The zero-order chi connectivity index (χ0) is 15.6. The van der Waals surface area contributed by atoms with Gasteiger partial charge >= 0.3 is 6.18 Å². The number of hydrogen-bond donors (Lipinski definition) is 2. The molecule has 0 aliphatic carbocycles. The van der Waals surface area contributed by atoms with Gasteiger partial charge in [-0.25, -0.2) is 4.98 Å². The molecule has 2 aromatic rings. The number of anilines is 2. The maximum atomic E-state index is 12.8. The minimum atomic E-state index is -4.62. The summed E-state index contributed by atoms with van der Waals surface area (Å²) in [5.41, 5.74) is 3.53. The zero-order valence-corrected chi connectivity index (χ0v) is 12.0. The first-order valence-electron chi connectivity index (χ1n) is 5.68. The second-order valence-corrected chi connectivity index (χ2v) is 4.91. The molecular weight excluding hydrogens is 351 g/mol. The average Bonchev–Trinajstić information content (AvgIpc) is 2.40. The number of halogens is 4. The summed E-state index contributed by atoms with van der Waals surface area (Å²) in [4.78, 5) is 15.9. The van der Waals surface area contributed by atoms with Crippen LogP contribution >= 0.6 is 15.9 Å². The van der Waals surface area contributed by atoms with E-state index >= 15 is 0 Å². The lowest BCUT2D eigenvalue weighted by atomic mass is 10.1. The van der Waals surface area contributed by atoms with Gasteiger partial charge in [-0.1, -0.05) is 6.07 Å². The minimum Gasteiger partial charge on any atom is -0.398 e. The van der Waals surface area contributed by atoms with Gasteiger partial charge in [-0.15, -0.1) is 0 Å². The Morgan fingerprint density at radius 1 is 1.24 bits per heavy atom. The molecule has 0 atom stereocenters. The quantitative estimate of drug-likeness (QED) is 0.803. The van der Waals surface area contributed by atoms with Crippen LogP contribution in [0.2, 0.25) is 0 Å². The highest BCUT2D eigenvalue weighted by atomic mass is 79.9. The number of aromatic nitrogens is 1. The average molecular weight is 360 g/mol. The Morgan fingerprint density at radius 2 is 1.95 bits per heavy atom. The third-order valence-corrected chi connectivity index (χ3v) is 3.29. The number of carbonyl (C=O) groups excluding carboxylic acids is 1. The lowest BCUT2D eigenvalue weighted by Crippen LogP contribution is -2.18. The maximum absolute atomic E-state index is 12.8. The first-order valence-corrected chi connectivity index (χ1v) is 6.47. The predicted molar refractivity (Wildman–Crippen MR) is 75.7 cm³/mol. The van der Waals surface area contributed by atoms with Crippen LogP contribution in [-0.4, -0.2) is 10.9 Å². The normalized spacial score (nSPS) is 11.2. The maximum Gasteiger partial charge on any atom is 0.418 e. The van der Waals surface area contributed by atoms with E-state index in [1.807, 2.05) is 0 Å². The molecule has 1 amide bonds. The summed E-state index contributed by atoms with van der Waals surface area (Å²) in [6.45, 7) is 0. The number of nitrogen functional groups attached to an aromatic ring is 1. The lowest BCUT2D eigenvalue weighted by Gasteiger charge is -2.13. The van der Waals surface area contributed by atoms with Gasteiger partial charge in [0.2, 0.25) is 0 Å². The number of para-hydroxylation sites is 1. The molecule has 0 radical (unpaired) electrons. The van der Waals surface area contributed by atoms with Crippen molar-refractivity contribution in [2.45, 2.75) is 6.18 Å². The van der Waals surface area contributed by atoms with Gasteiger partial charge in [-0.3, -0.25) is 4.79 Å². The highest BCUT2D eigenvalue weighted by molar-refractivity contribution is 9.10. The van der Waals surface area contributed by atoms with E-state index in [1.54, 1.807) is 12.1 Å². The first kappa shape index (κ1) is 15.3. The largest absolute Gasteiger partial charge is 0.418 e. The molecule has 1 heterocycles. The number of nitrogens with two attached hydrogens (primary N) is 1. The molecule has 0 aliphatic rings. The van der Waals surface area contributed by atoms with Gasteiger partial charge in [0.25, 0.3) is 5.91 Å². The molecule has 4 nitrogen and oxygen atoms in total. The van der Waals surface area contributed by atoms with Crippen LogP contribution < -0.4 is 11.1 Å². The SMILES string of the molecule is Nc1c(C(=O)Nc2ncccc2Br)cccc1C(F)(F)F. The minimum absolute atomic E-state index is 0.194. The van der Waals surface area contributed by atoms with E-state index < -0.39 is 23.3 Å². The second kappa shape index (κ2) is 5.72. The van der Waals surface area contributed by atoms with E-state index in [4.69, 9.17) is 5.73 Å². The molecule has 0 bridgehead atoms. The van der Waals surface area contributed by atoms with E-state index in [0.717, 1.165) is 12.1 Å². The van der Waals surface area contributed by atoms with Crippen LogP contribution in [0.4, 0.5) is 24.7 Å². The molecule has 0 aliphatic heterocycles. The van der Waals surface area contributed by atoms with Crippen LogP contribution in [0.25, 0.3) is 0 Å². The van der Waals surface area contributed by atoms with Crippen LogP contribution in [0.3, 0.4) is 0 Å². The summed E-state index contributed by atoms with van der Waals surface area (Å²) in [6.07, 6.45) is -3.18. The number of amides is 1. The van der Waals surface area contributed by atoms with Crippen molar-refractivity contribution in [1.82, 2.24) is 4.98 Å². The van der Waals surface area contributed by atoms with Crippen molar-refractivity contribution in [3.8, 4) is 0 Å². The molecule has 8 heteroatoms. The van der Waals surface area contributed by atoms with E-state index in [2.05, 4.69) is 26.2 Å². The molecule has 0 spiro atoms. The van der Waals surface area contributed by atoms with Crippen molar-refractivity contribution >= 4 is 33.3 Å². The first-order chi connectivity index (χ1) is 9.80. The topological polar surface area (TPSA) is 68.0 Å². The van der Waals surface area contributed by atoms with E-state index in [-0.39, 0.29) is 11.4 Å². The molecule has 3 N–H and O–H groups in total.